The molecular weight excluding hydrogens is 239 g/mol. The fourth-order valence-electron chi connectivity index (χ4n) is 2.25. The third-order valence-corrected chi connectivity index (χ3v) is 19.4. The van der Waals surface area contributed by atoms with Crippen LogP contribution in [0.25, 0.3) is 0 Å². The number of halogens is 1. The van der Waals surface area contributed by atoms with E-state index in [0.29, 0.717) is 0 Å². The lowest BCUT2D eigenvalue weighted by Crippen LogP contribution is -2.52. The molecule has 0 saturated carbocycles. The summed E-state index contributed by atoms with van der Waals surface area (Å²) in [5, 5.41) is 0. The monoisotopic (exact) mass is 258 g/mol. The second kappa shape index (κ2) is 3.82. The molecule has 0 fully saturated rings. The quantitative estimate of drug-likeness (QED) is 0.621. The molecule has 0 aromatic heterocycles. The van der Waals surface area contributed by atoms with Gasteiger partial charge in [-0.1, -0.05) is 39.3 Å². The van der Waals surface area contributed by atoms with Crippen LogP contribution >= 0.6 is 18.0 Å². The molecule has 80 valence electrons. The van der Waals surface area contributed by atoms with E-state index in [0.717, 1.165) is 0 Å². The maximum absolute atomic E-state index is 11.6. The zero-order valence-corrected chi connectivity index (χ0v) is 12.9. The predicted molar refractivity (Wildman–Crippen MR) is 66.2 cm³/mol. The van der Waals surface area contributed by atoms with E-state index in [4.69, 9.17) is 11.2 Å². The Balaban J connectivity index is 5.15. The van der Waals surface area contributed by atoms with Gasteiger partial charge in [-0.05, 0) is 11.2 Å². The zero-order valence-electron chi connectivity index (χ0n) is 9.26. The molecular formula is C7H20ClO2PSi2. The lowest BCUT2D eigenvalue weighted by atomic mass is 11.7. The fraction of sp³-hybridized carbons (Fsp3) is 1.00. The van der Waals surface area contributed by atoms with Gasteiger partial charge in [-0.15, -0.1) is 0 Å². The highest BCUT2D eigenvalue weighted by atomic mass is 35.7. The Labute approximate surface area is 88.0 Å². The van der Waals surface area contributed by atoms with Crippen LogP contribution in [0.2, 0.25) is 39.3 Å². The average Bonchev–Trinajstić information content (AvgIpc) is 1.44. The first kappa shape index (κ1) is 13.9. The molecule has 0 radical (unpaired) electrons. The average molecular weight is 259 g/mol. The molecule has 2 nitrogen and oxygen atoms in total. The molecule has 0 bridgehead atoms. The Morgan fingerprint density at radius 3 is 1.31 bits per heavy atom. The van der Waals surface area contributed by atoms with Crippen molar-refractivity contribution < 1.29 is 9.46 Å². The fourth-order valence-corrected chi connectivity index (χ4v) is 25.6. The van der Waals surface area contributed by atoms with Crippen molar-refractivity contribution in [2.24, 2.45) is 0 Å². The molecule has 1 unspecified atom stereocenters. The molecule has 0 rings (SSSR count). The van der Waals surface area contributed by atoms with Crippen LogP contribution < -0.4 is 0 Å². The number of hydrogen-bond acceptors (Lipinski definition) is 1. The van der Waals surface area contributed by atoms with E-state index in [1.807, 2.05) is 0 Å². The molecule has 0 aromatic carbocycles. The maximum atomic E-state index is 11.6. The second-order valence-corrected chi connectivity index (χ2v) is 20.9. The third-order valence-electron chi connectivity index (χ3n) is 1.96. The molecule has 0 aliphatic carbocycles. The van der Waals surface area contributed by atoms with E-state index in [-0.39, 0.29) is 4.91 Å². The smallest absolute Gasteiger partial charge is 0.285 e. The van der Waals surface area contributed by atoms with Crippen molar-refractivity contribution >= 4 is 34.1 Å². The van der Waals surface area contributed by atoms with Crippen molar-refractivity contribution in [1.82, 2.24) is 0 Å². The Morgan fingerprint density at radius 1 is 1.08 bits per heavy atom. The Hall–Kier alpha value is 0.914. The molecule has 0 spiro atoms. The van der Waals surface area contributed by atoms with Crippen LogP contribution in [-0.2, 0) is 4.57 Å². The first-order valence-electron chi connectivity index (χ1n) is 4.39. The highest BCUT2D eigenvalue weighted by Crippen LogP contribution is 2.57. The van der Waals surface area contributed by atoms with E-state index < -0.39 is 22.9 Å². The minimum Gasteiger partial charge on any atom is -0.333 e. The maximum Gasteiger partial charge on any atom is 0.285 e. The van der Waals surface area contributed by atoms with Gasteiger partial charge < -0.3 is 4.89 Å². The largest absolute Gasteiger partial charge is 0.333 e. The molecule has 6 heteroatoms. The first-order valence-corrected chi connectivity index (χ1v) is 14.2. The summed E-state index contributed by atoms with van der Waals surface area (Å²) in [6.45, 7) is 9.25. The molecule has 0 aliphatic heterocycles. The van der Waals surface area contributed by atoms with Crippen molar-refractivity contribution in [2.75, 3.05) is 0 Å². The summed E-state index contributed by atoms with van der Waals surface area (Å²) >= 11 is 5.65. The molecule has 0 heterocycles. The molecule has 0 aliphatic rings. The summed E-state index contributed by atoms with van der Waals surface area (Å²) in [5.41, 5.74) is 0. The zero-order chi connectivity index (χ0) is 11.1. The molecule has 1 atom stereocenters. The Morgan fingerprint density at radius 2 is 1.31 bits per heavy atom. The molecule has 0 saturated heterocycles. The first-order chi connectivity index (χ1) is 5.37. The van der Waals surface area contributed by atoms with Gasteiger partial charge in [-0.3, -0.25) is 4.57 Å². The van der Waals surface area contributed by atoms with Crippen LogP contribution in [0.15, 0.2) is 0 Å². The summed E-state index contributed by atoms with van der Waals surface area (Å²) in [5.74, 6) is 0. The van der Waals surface area contributed by atoms with Crippen molar-refractivity contribution in [2.45, 2.75) is 44.2 Å². The summed E-state index contributed by atoms with van der Waals surface area (Å²) in [6, 6.07) is 0. The van der Waals surface area contributed by atoms with E-state index in [1.165, 1.54) is 0 Å². The molecule has 13 heavy (non-hydrogen) atoms. The van der Waals surface area contributed by atoms with E-state index in [2.05, 4.69) is 39.3 Å². The van der Waals surface area contributed by atoms with E-state index in [1.54, 1.807) is 0 Å². The third kappa shape index (κ3) is 4.30. The van der Waals surface area contributed by atoms with E-state index in [9.17, 15) is 9.46 Å². The van der Waals surface area contributed by atoms with Gasteiger partial charge in [0.1, 0.15) is 0 Å². The predicted octanol–water partition coefficient (Wildman–Crippen LogP) is 3.53. The molecule has 0 aromatic rings. The van der Waals surface area contributed by atoms with E-state index >= 15 is 0 Å². The van der Waals surface area contributed by atoms with Crippen LogP contribution in [0.3, 0.4) is 0 Å². The second-order valence-electron chi connectivity index (χ2n) is 5.68. The summed E-state index contributed by atoms with van der Waals surface area (Å²) in [7, 11) is -3.28. The van der Waals surface area contributed by atoms with Gasteiger partial charge in [0.05, 0.1) is 16.1 Å². The summed E-state index contributed by atoms with van der Waals surface area (Å²) < 4.78 is 11.6. The van der Waals surface area contributed by atoms with Gasteiger partial charge in [0.2, 0.25) is 0 Å². The van der Waals surface area contributed by atoms with Crippen LogP contribution in [-0.4, -0.2) is 25.9 Å². The highest BCUT2D eigenvalue weighted by molar-refractivity contribution is 7.88. The van der Waals surface area contributed by atoms with Crippen molar-refractivity contribution in [3.63, 3.8) is 0 Å². The standard InChI is InChI=1S/C7H20ClO2PSi2/c1-12(2,3)7(11(8,9)10)13(4,5)6/h7H,1-6H3,(H,9,10). The van der Waals surface area contributed by atoms with Gasteiger partial charge in [-0.2, -0.15) is 0 Å². The lowest BCUT2D eigenvalue weighted by Gasteiger charge is -2.38. The van der Waals surface area contributed by atoms with Crippen molar-refractivity contribution in [3.8, 4) is 0 Å². The normalized spacial score (nSPS) is 18.8. The van der Waals surface area contributed by atoms with Gasteiger partial charge in [0.15, 0.2) is 0 Å². The van der Waals surface area contributed by atoms with Crippen molar-refractivity contribution in [3.05, 3.63) is 0 Å². The number of rotatable bonds is 3. The minimum absolute atomic E-state index is 0.117. The number of hydrogen-bond donors (Lipinski definition) is 1. The molecule has 0 amide bonds. The highest BCUT2D eigenvalue weighted by Gasteiger charge is 2.48. The topological polar surface area (TPSA) is 37.3 Å². The van der Waals surface area contributed by atoms with Gasteiger partial charge in [0.25, 0.3) is 6.72 Å². The van der Waals surface area contributed by atoms with Crippen LogP contribution in [0, 0.1) is 0 Å². The van der Waals surface area contributed by atoms with Gasteiger partial charge in [0, 0.05) is 4.91 Å². The Kier molecular flexibility index (Phi) is 4.09. The van der Waals surface area contributed by atoms with Crippen LogP contribution in [0.5, 0.6) is 0 Å². The van der Waals surface area contributed by atoms with Crippen LogP contribution in [0.1, 0.15) is 0 Å². The summed E-state index contributed by atoms with van der Waals surface area (Å²) in [6.07, 6.45) is 0. The van der Waals surface area contributed by atoms with Gasteiger partial charge in [-0.25, -0.2) is 0 Å². The minimum atomic E-state index is -3.42. The van der Waals surface area contributed by atoms with Gasteiger partial charge >= 0.3 is 0 Å². The summed E-state index contributed by atoms with van der Waals surface area (Å²) in [4.78, 5) is 9.42. The Bertz CT molecular complexity index is 212. The SMILES string of the molecule is C[Si](C)(C)C([Si](C)(C)C)P(=O)(O)Cl. The van der Waals surface area contributed by atoms with Crippen molar-refractivity contribution in [1.29, 1.82) is 0 Å². The molecule has 1 N–H and O–H groups in total. The lowest BCUT2D eigenvalue weighted by molar-refractivity contribution is 0.497. The van der Waals surface area contributed by atoms with Crippen LogP contribution in [0.4, 0.5) is 0 Å².